The van der Waals surface area contributed by atoms with E-state index in [0.29, 0.717) is 5.56 Å². The summed E-state index contributed by atoms with van der Waals surface area (Å²) in [4.78, 5) is 6.44. The number of nitrogens with one attached hydrogen (secondary N) is 1. The Hall–Kier alpha value is -1.12. The van der Waals surface area contributed by atoms with Gasteiger partial charge in [-0.3, -0.25) is 0 Å². The number of nitrogens with zero attached hydrogens (tertiary/aromatic N) is 3. The Morgan fingerprint density at radius 3 is 2.87 bits per heavy atom. The molecule has 0 amide bonds. The molecule has 1 fully saturated rings. The fourth-order valence-electron chi connectivity index (χ4n) is 1.64. The zero-order valence-electron chi connectivity index (χ0n) is 8.20. The van der Waals surface area contributed by atoms with Gasteiger partial charge in [-0.1, -0.05) is 0 Å². The van der Waals surface area contributed by atoms with Gasteiger partial charge in [-0.2, -0.15) is 5.26 Å². The van der Waals surface area contributed by atoms with Crippen LogP contribution in [0.3, 0.4) is 0 Å². The standard InChI is InChI=1S/C10H11BrN4/c11-9-5-8(6-12)10(14-7-9)15-3-1-13-2-4-15/h5,7,13H,1-4H2. The minimum absolute atomic E-state index is 0.631. The average Bonchev–Trinajstić information content (AvgIpc) is 2.30. The summed E-state index contributed by atoms with van der Waals surface area (Å²) in [5.41, 5.74) is 0.631. The van der Waals surface area contributed by atoms with Crippen LogP contribution in [0.4, 0.5) is 5.82 Å². The van der Waals surface area contributed by atoms with Crippen molar-refractivity contribution in [1.29, 1.82) is 5.26 Å². The van der Waals surface area contributed by atoms with Crippen molar-refractivity contribution in [2.75, 3.05) is 31.1 Å². The molecule has 5 heteroatoms. The maximum absolute atomic E-state index is 9.02. The van der Waals surface area contributed by atoms with Crippen LogP contribution < -0.4 is 10.2 Å². The molecule has 2 heterocycles. The van der Waals surface area contributed by atoms with E-state index in [4.69, 9.17) is 5.26 Å². The van der Waals surface area contributed by atoms with Gasteiger partial charge < -0.3 is 10.2 Å². The topological polar surface area (TPSA) is 52.0 Å². The van der Waals surface area contributed by atoms with Gasteiger partial charge in [0.05, 0.1) is 5.56 Å². The molecule has 0 radical (unpaired) electrons. The van der Waals surface area contributed by atoms with Crippen LogP contribution >= 0.6 is 15.9 Å². The smallest absolute Gasteiger partial charge is 0.146 e. The largest absolute Gasteiger partial charge is 0.353 e. The van der Waals surface area contributed by atoms with Crippen LogP contribution in [0.2, 0.25) is 0 Å². The Labute approximate surface area is 97.0 Å². The van der Waals surface area contributed by atoms with Crippen molar-refractivity contribution in [3.8, 4) is 6.07 Å². The molecule has 1 aliphatic rings. The first-order valence-corrected chi connectivity index (χ1v) is 5.62. The molecule has 0 aromatic carbocycles. The first-order chi connectivity index (χ1) is 7.31. The number of halogens is 1. The molecule has 78 valence electrons. The predicted molar refractivity (Wildman–Crippen MR) is 61.7 cm³/mol. The number of aromatic nitrogens is 1. The monoisotopic (exact) mass is 266 g/mol. The lowest BCUT2D eigenvalue weighted by Gasteiger charge is -2.28. The molecule has 0 saturated carbocycles. The van der Waals surface area contributed by atoms with Gasteiger partial charge in [0.15, 0.2) is 0 Å². The molecule has 0 unspecified atom stereocenters. The van der Waals surface area contributed by atoms with Gasteiger partial charge in [0.2, 0.25) is 0 Å². The molecule has 4 nitrogen and oxygen atoms in total. The Kier molecular flexibility index (Phi) is 3.19. The van der Waals surface area contributed by atoms with Crippen molar-refractivity contribution < 1.29 is 0 Å². The van der Waals surface area contributed by atoms with Gasteiger partial charge >= 0.3 is 0 Å². The number of piperazine rings is 1. The first kappa shape index (κ1) is 10.4. The van der Waals surface area contributed by atoms with E-state index in [1.165, 1.54) is 0 Å². The van der Waals surface area contributed by atoms with Gasteiger partial charge in [0, 0.05) is 36.8 Å². The maximum Gasteiger partial charge on any atom is 0.146 e. The van der Waals surface area contributed by atoms with Gasteiger partial charge in [-0.25, -0.2) is 4.98 Å². The van der Waals surface area contributed by atoms with Crippen molar-refractivity contribution in [1.82, 2.24) is 10.3 Å². The van der Waals surface area contributed by atoms with Crippen LogP contribution in [0.15, 0.2) is 16.7 Å². The van der Waals surface area contributed by atoms with Crippen LogP contribution in [-0.2, 0) is 0 Å². The van der Waals surface area contributed by atoms with E-state index in [2.05, 4.69) is 37.2 Å². The second kappa shape index (κ2) is 4.60. The first-order valence-electron chi connectivity index (χ1n) is 4.82. The molecular formula is C10H11BrN4. The minimum atomic E-state index is 0.631. The Balaban J connectivity index is 2.30. The number of nitriles is 1. The SMILES string of the molecule is N#Cc1cc(Br)cnc1N1CCNCC1. The lowest BCUT2D eigenvalue weighted by atomic mass is 10.2. The van der Waals surface area contributed by atoms with E-state index in [0.717, 1.165) is 36.5 Å². The highest BCUT2D eigenvalue weighted by Gasteiger charge is 2.15. The third kappa shape index (κ3) is 2.28. The molecule has 0 atom stereocenters. The van der Waals surface area contributed by atoms with Gasteiger partial charge in [-0.15, -0.1) is 0 Å². The molecule has 1 aliphatic heterocycles. The zero-order valence-corrected chi connectivity index (χ0v) is 9.79. The van der Waals surface area contributed by atoms with Crippen molar-refractivity contribution in [3.05, 3.63) is 22.3 Å². The van der Waals surface area contributed by atoms with E-state index in [1.807, 2.05) is 6.07 Å². The second-order valence-corrected chi connectivity index (χ2v) is 4.29. The van der Waals surface area contributed by atoms with Crippen LogP contribution in [0.1, 0.15) is 5.56 Å². The molecule has 1 N–H and O–H groups in total. The van der Waals surface area contributed by atoms with E-state index in [9.17, 15) is 0 Å². The highest BCUT2D eigenvalue weighted by molar-refractivity contribution is 9.10. The molecular weight excluding hydrogens is 256 g/mol. The second-order valence-electron chi connectivity index (χ2n) is 3.37. The van der Waals surface area contributed by atoms with E-state index >= 15 is 0 Å². The van der Waals surface area contributed by atoms with E-state index < -0.39 is 0 Å². The molecule has 1 aromatic heterocycles. The lowest BCUT2D eigenvalue weighted by Crippen LogP contribution is -2.44. The summed E-state index contributed by atoms with van der Waals surface area (Å²) in [7, 11) is 0. The average molecular weight is 267 g/mol. The van der Waals surface area contributed by atoms with Crippen molar-refractivity contribution in [2.45, 2.75) is 0 Å². The summed E-state index contributed by atoms with van der Waals surface area (Å²) in [6.45, 7) is 3.71. The quantitative estimate of drug-likeness (QED) is 0.828. The molecule has 1 saturated heterocycles. The third-order valence-corrected chi connectivity index (χ3v) is 2.80. The summed E-state index contributed by atoms with van der Waals surface area (Å²) < 4.78 is 0.845. The lowest BCUT2D eigenvalue weighted by molar-refractivity contribution is 0.584. The van der Waals surface area contributed by atoms with Crippen molar-refractivity contribution in [3.63, 3.8) is 0 Å². The Morgan fingerprint density at radius 1 is 1.47 bits per heavy atom. The van der Waals surface area contributed by atoms with Gasteiger partial charge in [0.1, 0.15) is 11.9 Å². The highest BCUT2D eigenvalue weighted by atomic mass is 79.9. The third-order valence-electron chi connectivity index (χ3n) is 2.37. The number of anilines is 1. The number of pyridine rings is 1. The zero-order chi connectivity index (χ0) is 10.7. The molecule has 0 aliphatic carbocycles. The van der Waals surface area contributed by atoms with Gasteiger partial charge in [0.25, 0.3) is 0 Å². The van der Waals surface area contributed by atoms with Gasteiger partial charge in [-0.05, 0) is 22.0 Å². The summed E-state index contributed by atoms with van der Waals surface area (Å²) in [6.07, 6.45) is 1.73. The van der Waals surface area contributed by atoms with Crippen LogP contribution in [0, 0.1) is 11.3 Å². The molecule has 2 rings (SSSR count). The molecule has 1 aromatic rings. The number of rotatable bonds is 1. The summed E-state index contributed by atoms with van der Waals surface area (Å²) >= 11 is 3.32. The predicted octanol–water partition coefficient (Wildman–Crippen LogP) is 1.13. The van der Waals surface area contributed by atoms with Crippen molar-refractivity contribution >= 4 is 21.7 Å². The summed E-state index contributed by atoms with van der Waals surface area (Å²) in [6, 6.07) is 3.99. The Bertz CT molecular complexity index is 393. The number of hydrogen-bond donors (Lipinski definition) is 1. The van der Waals surface area contributed by atoms with Crippen LogP contribution in [-0.4, -0.2) is 31.2 Å². The summed E-state index contributed by atoms with van der Waals surface area (Å²) in [5, 5.41) is 12.3. The summed E-state index contributed by atoms with van der Waals surface area (Å²) in [5.74, 6) is 0.794. The van der Waals surface area contributed by atoms with E-state index in [1.54, 1.807) is 6.20 Å². The highest BCUT2D eigenvalue weighted by Crippen LogP contribution is 2.20. The number of hydrogen-bond acceptors (Lipinski definition) is 4. The minimum Gasteiger partial charge on any atom is -0.353 e. The maximum atomic E-state index is 9.02. The molecule has 15 heavy (non-hydrogen) atoms. The fraction of sp³-hybridized carbons (Fsp3) is 0.400. The molecule has 0 spiro atoms. The molecule has 0 bridgehead atoms. The normalized spacial score (nSPS) is 16.1. The van der Waals surface area contributed by atoms with Crippen LogP contribution in [0.5, 0.6) is 0 Å². The fourth-order valence-corrected chi connectivity index (χ4v) is 1.97. The van der Waals surface area contributed by atoms with Crippen LogP contribution in [0.25, 0.3) is 0 Å². The van der Waals surface area contributed by atoms with Crippen molar-refractivity contribution in [2.24, 2.45) is 0 Å². The van der Waals surface area contributed by atoms with E-state index in [-0.39, 0.29) is 0 Å². The Morgan fingerprint density at radius 2 is 2.20 bits per heavy atom.